The Morgan fingerprint density at radius 3 is 2.14 bits per heavy atom. The summed E-state index contributed by atoms with van der Waals surface area (Å²) in [4.78, 5) is 0. The minimum Gasteiger partial charge on any atom is -0.0845 e. The van der Waals surface area contributed by atoms with Crippen molar-refractivity contribution in [1.82, 2.24) is 0 Å². The summed E-state index contributed by atoms with van der Waals surface area (Å²) in [7, 11) is -0.386. The topological polar surface area (TPSA) is 0 Å². The highest BCUT2D eigenvalue weighted by molar-refractivity contribution is 6.75. The van der Waals surface area contributed by atoms with E-state index in [0.29, 0.717) is 0 Å². The van der Waals surface area contributed by atoms with Crippen molar-refractivity contribution in [2.45, 2.75) is 38.8 Å². The summed E-state index contributed by atoms with van der Waals surface area (Å²) >= 11 is 6.22. The lowest BCUT2D eigenvalue weighted by atomic mass is 10.4. The fraction of sp³-hybridized carbons (Fsp3) is 0.500. The molecule has 0 spiro atoms. The first kappa shape index (κ1) is 11.8. The third kappa shape index (κ3) is 3.14. The van der Waals surface area contributed by atoms with Crippen LogP contribution >= 0.6 is 11.6 Å². The van der Waals surface area contributed by atoms with E-state index in [2.05, 4.69) is 26.0 Å². The maximum Gasteiger partial charge on any atom is 0.0876 e. The van der Waals surface area contributed by atoms with E-state index in [1.807, 2.05) is 12.1 Å². The van der Waals surface area contributed by atoms with Gasteiger partial charge in [0, 0.05) is 5.02 Å². The second kappa shape index (κ2) is 6.26. The van der Waals surface area contributed by atoms with Gasteiger partial charge in [-0.15, -0.1) is 0 Å². The summed E-state index contributed by atoms with van der Waals surface area (Å²) in [5.74, 6) is 0. The molecule has 1 radical (unpaired) electrons. The molecule has 0 fully saturated rings. The fourth-order valence-electron chi connectivity index (χ4n) is 1.75. The first-order valence-corrected chi connectivity index (χ1v) is 7.68. The molecule has 0 aliphatic carbocycles. The highest BCUT2D eigenvalue weighted by Gasteiger charge is 2.14. The number of benzene rings is 1. The Bertz CT molecular complexity index is 267. The summed E-state index contributed by atoms with van der Waals surface area (Å²) < 4.78 is 0. The Hall–Kier alpha value is -0.273. The smallest absolute Gasteiger partial charge is 0.0845 e. The van der Waals surface area contributed by atoms with E-state index in [0.717, 1.165) is 5.02 Å². The zero-order chi connectivity index (χ0) is 10.4. The van der Waals surface area contributed by atoms with Crippen molar-refractivity contribution < 1.29 is 0 Å². The minimum atomic E-state index is -0.386. The van der Waals surface area contributed by atoms with Gasteiger partial charge in [0.1, 0.15) is 0 Å². The molecule has 1 rings (SSSR count). The van der Waals surface area contributed by atoms with Gasteiger partial charge in [-0.1, -0.05) is 68.6 Å². The van der Waals surface area contributed by atoms with Crippen LogP contribution in [0.4, 0.5) is 0 Å². The zero-order valence-electron chi connectivity index (χ0n) is 9.02. The average molecular weight is 226 g/mol. The predicted molar refractivity (Wildman–Crippen MR) is 67.0 cm³/mol. The molecule has 0 unspecified atom stereocenters. The molecule has 0 aliphatic heterocycles. The molecule has 0 saturated heterocycles. The first-order chi connectivity index (χ1) is 6.79. The standard InChI is InChI=1S/C12H18ClSi/c1-3-9-14(10-4-2)12-8-6-5-7-11(12)13/h5-8H,3-4,9-10H2,1-2H3. The molecule has 0 saturated carbocycles. The summed E-state index contributed by atoms with van der Waals surface area (Å²) in [6.07, 6.45) is 2.55. The molecule has 0 nitrogen and oxygen atoms in total. The van der Waals surface area contributed by atoms with Crippen LogP contribution < -0.4 is 5.19 Å². The highest BCUT2D eigenvalue weighted by Crippen LogP contribution is 2.12. The number of hydrogen-bond acceptors (Lipinski definition) is 0. The zero-order valence-corrected chi connectivity index (χ0v) is 10.8. The van der Waals surface area contributed by atoms with Gasteiger partial charge in [0.25, 0.3) is 0 Å². The summed E-state index contributed by atoms with van der Waals surface area (Å²) in [6, 6.07) is 11.1. The van der Waals surface area contributed by atoms with Gasteiger partial charge in [-0.3, -0.25) is 0 Å². The Morgan fingerprint density at radius 2 is 1.64 bits per heavy atom. The van der Waals surface area contributed by atoms with Crippen molar-refractivity contribution in [2.24, 2.45) is 0 Å². The quantitative estimate of drug-likeness (QED) is 0.668. The van der Waals surface area contributed by atoms with E-state index in [1.54, 1.807) is 0 Å². The van der Waals surface area contributed by atoms with Gasteiger partial charge >= 0.3 is 0 Å². The molecule has 0 aromatic heterocycles. The lowest BCUT2D eigenvalue weighted by Crippen LogP contribution is -2.30. The van der Waals surface area contributed by atoms with Crippen LogP contribution in [0.1, 0.15) is 26.7 Å². The first-order valence-electron chi connectivity index (χ1n) is 5.39. The molecule has 0 aliphatic rings. The number of rotatable bonds is 5. The van der Waals surface area contributed by atoms with Gasteiger partial charge in [0.2, 0.25) is 0 Å². The maximum absolute atomic E-state index is 6.22. The fourth-order valence-corrected chi connectivity index (χ4v) is 5.03. The molecule has 0 atom stereocenters. The highest BCUT2D eigenvalue weighted by atomic mass is 35.5. The Labute approximate surface area is 93.9 Å². The van der Waals surface area contributed by atoms with Crippen LogP contribution in [-0.4, -0.2) is 8.80 Å². The Balaban J connectivity index is 2.81. The van der Waals surface area contributed by atoms with E-state index in [1.165, 1.54) is 30.1 Å². The predicted octanol–water partition coefficient (Wildman–Crippen LogP) is 3.86. The van der Waals surface area contributed by atoms with Crippen LogP contribution in [0.2, 0.25) is 17.1 Å². The Kier molecular flexibility index (Phi) is 5.27. The van der Waals surface area contributed by atoms with E-state index in [-0.39, 0.29) is 8.80 Å². The molecule has 14 heavy (non-hydrogen) atoms. The molecular weight excluding hydrogens is 208 g/mol. The second-order valence-corrected chi connectivity index (χ2v) is 6.74. The lowest BCUT2D eigenvalue weighted by molar-refractivity contribution is 1.01. The average Bonchev–Trinajstić information content (AvgIpc) is 2.18. The summed E-state index contributed by atoms with van der Waals surface area (Å²) in [6.45, 7) is 4.52. The van der Waals surface area contributed by atoms with Crippen LogP contribution in [-0.2, 0) is 0 Å². The molecule has 1 aromatic rings. The van der Waals surface area contributed by atoms with Crippen LogP contribution in [0.25, 0.3) is 0 Å². The number of hydrogen-bond donors (Lipinski definition) is 0. The third-order valence-corrected chi connectivity index (χ3v) is 6.25. The van der Waals surface area contributed by atoms with Crippen LogP contribution in [0.5, 0.6) is 0 Å². The lowest BCUT2D eigenvalue weighted by Gasteiger charge is -2.14. The normalized spacial score (nSPS) is 10.9. The van der Waals surface area contributed by atoms with Crippen molar-refractivity contribution in [2.75, 3.05) is 0 Å². The largest absolute Gasteiger partial charge is 0.0876 e. The summed E-state index contributed by atoms with van der Waals surface area (Å²) in [5, 5.41) is 2.41. The van der Waals surface area contributed by atoms with Crippen molar-refractivity contribution in [3.63, 3.8) is 0 Å². The molecule has 0 amide bonds. The van der Waals surface area contributed by atoms with Gasteiger partial charge in [-0.2, -0.15) is 0 Å². The van der Waals surface area contributed by atoms with Crippen molar-refractivity contribution >= 4 is 25.6 Å². The number of halogens is 1. The molecule has 0 bridgehead atoms. The molecule has 77 valence electrons. The van der Waals surface area contributed by atoms with Gasteiger partial charge in [-0.25, -0.2) is 0 Å². The molecular formula is C12H18ClSi. The third-order valence-electron chi connectivity index (χ3n) is 2.36. The van der Waals surface area contributed by atoms with Gasteiger partial charge in [0.15, 0.2) is 0 Å². The van der Waals surface area contributed by atoms with Gasteiger partial charge in [0.05, 0.1) is 8.80 Å². The Morgan fingerprint density at radius 1 is 1.07 bits per heavy atom. The van der Waals surface area contributed by atoms with Crippen LogP contribution in [0.3, 0.4) is 0 Å². The molecule has 0 heterocycles. The van der Waals surface area contributed by atoms with Gasteiger partial charge < -0.3 is 0 Å². The van der Waals surface area contributed by atoms with Crippen LogP contribution in [0.15, 0.2) is 24.3 Å². The van der Waals surface area contributed by atoms with E-state index in [4.69, 9.17) is 11.6 Å². The van der Waals surface area contributed by atoms with Crippen LogP contribution in [0, 0.1) is 0 Å². The van der Waals surface area contributed by atoms with E-state index in [9.17, 15) is 0 Å². The van der Waals surface area contributed by atoms with Crippen molar-refractivity contribution in [3.05, 3.63) is 29.3 Å². The molecule has 2 heteroatoms. The molecule has 1 aromatic carbocycles. The van der Waals surface area contributed by atoms with Crippen molar-refractivity contribution in [3.8, 4) is 0 Å². The second-order valence-electron chi connectivity index (χ2n) is 3.58. The molecule has 0 N–H and O–H groups in total. The van der Waals surface area contributed by atoms with Gasteiger partial charge in [-0.05, 0) is 11.3 Å². The monoisotopic (exact) mass is 225 g/mol. The maximum atomic E-state index is 6.22. The van der Waals surface area contributed by atoms with Crippen molar-refractivity contribution in [1.29, 1.82) is 0 Å². The SMILES string of the molecule is CCC[Si](CCC)c1ccccc1Cl. The van der Waals surface area contributed by atoms with E-state index < -0.39 is 0 Å². The summed E-state index contributed by atoms with van der Waals surface area (Å²) in [5.41, 5.74) is 0. The van der Waals surface area contributed by atoms with E-state index >= 15 is 0 Å². The minimum absolute atomic E-state index is 0.386.